The average molecular weight is 439 g/mol. The van der Waals surface area contributed by atoms with E-state index in [2.05, 4.69) is 20.7 Å². The quantitative estimate of drug-likeness (QED) is 0.379. The number of nitrogens with one attached hydrogen (secondary N) is 1. The molecule has 0 aliphatic carbocycles. The summed E-state index contributed by atoms with van der Waals surface area (Å²) in [6.07, 6.45) is 1.05. The molecule has 4 aromatic rings. The van der Waals surface area contributed by atoms with Gasteiger partial charge in [0.2, 0.25) is 0 Å². The van der Waals surface area contributed by atoms with Gasteiger partial charge in [-0.25, -0.2) is 9.97 Å². The zero-order chi connectivity index (χ0) is 20.8. The smallest absolute Gasteiger partial charge is 0.143 e. The van der Waals surface area contributed by atoms with Crippen molar-refractivity contribution in [1.82, 2.24) is 20.3 Å². The zero-order valence-electron chi connectivity index (χ0n) is 16.5. The molecule has 0 spiro atoms. The molecule has 0 saturated heterocycles. The maximum absolute atomic E-state index is 10.1. The molecule has 154 valence electrons. The molecule has 0 saturated carbocycles. The Morgan fingerprint density at radius 3 is 2.60 bits per heavy atom. The van der Waals surface area contributed by atoms with Crippen LogP contribution in [0, 0.1) is 6.92 Å². The molecule has 0 amide bonds. The lowest BCUT2D eigenvalue weighted by atomic mass is 10.2. The van der Waals surface area contributed by atoms with Gasteiger partial charge in [-0.05, 0) is 43.3 Å². The number of rotatable bonds is 9. The Morgan fingerprint density at radius 1 is 1.03 bits per heavy atom. The highest BCUT2D eigenvalue weighted by atomic mass is 32.1. The van der Waals surface area contributed by atoms with Crippen molar-refractivity contribution in [3.05, 3.63) is 70.1 Å². The lowest BCUT2D eigenvalue weighted by molar-refractivity contribution is 0.167. The van der Waals surface area contributed by atoms with E-state index in [4.69, 9.17) is 9.72 Å². The van der Waals surface area contributed by atoms with Crippen molar-refractivity contribution in [3.63, 3.8) is 0 Å². The summed E-state index contributed by atoms with van der Waals surface area (Å²) in [6.45, 7) is 3.58. The van der Waals surface area contributed by atoms with E-state index in [0.29, 0.717) is 25.4 Å². The third kappa shape index (κ3) is 5.28. The van der Waals surface area contributed by atoms with E-state index in [1.807, 2.05) is 54.8 Å². The fourth-order valence-electron chi connectivity index (χ4n) is 2.87. The Bertz CT molecular complexity index is 1060. The number of aromatic nitrogens is 3. The summed E-state index contributed by atoms with van der Waals surface area (Å²) in [7, 11) is 0. The predicted molar refractivity (Wildman–Crippen MR) is 121 cm³/mol. The molecule has 0 unspecified atom stereocenters. The Balaban J connectivity index is 1.24. The molecule has 0 aliphatic rings. The van der Waals surface area contributed by atoms with Crippen molar-refractivity contribution in [2.24, 2.45) is 0 Å². The summed E-state index contributed by atoms with van der Waals surface area (Å²) in [5, 5.41) is 19.3. The van der Waals surface area contributed by atoms with Gasteiger partial charge in [0.05, 0.1) is 16.4 Å². The number of benzene rings is 1. The van der Waals surface area contributed by atoms with Gasteiger partial charge in [0, 0.05) is 35.6 Å². The highest BCUT2D eigenvalue weighted by Crippen LogP contribution is 2.30. The molecule has 1 aromatic carbocycles. The lowest BCUT2D eigenvalue weighted by Crippen LogP contribution is -2.26. The Morgan fingerprint density at radius 2 is 1.87 bits per heavy atom. The van der Waals surface area contributed by atoms with Gasteiger partial charge in [0.15, 0.2) is 0 Å². The van der Waals surface area contributed by atoms with E-state index in [1.165, 1.54) is 0 Å². The number of hydrogen-bond acceptors (Lipinski definition) is 8. The highest BCUT2D eigenvalue weighted by Gasteiger charge is 2.10. The minimum Gasteiger partial charge on any atom is -0.492 e. The molecule has 4 rings (SSSR count). The first-order valence-corrected chi connectivity index (χ1v) is 11.4. The molecule has 0 fully saturated rings. The molecular formula is C22H22N4O2S2. The Labute approximate surface area is 183 Å². The van der Waals surface area contributed by atoms with Gasteiger partial charge in [0.1, 0.15) is 29.2 Å². The minimum absolute atomic E-state index is 0.435. The molecule has 0 radical (unpaired) electrons. The topological polar surface area (TPSA) is 80.2 Å². The van der Waals surface area contributed by atoms with E-state index in [0.717, 1.165) is 32.7 Å². The molecule has 6 nitrogen and oxygen atoms in total. The van der Waals surface area contributed by atoms with Crippen LogP contribution in [0.15, 0.2) is 59.4 Å². The number of aliphatic hydroxyl groups is 1. The molecule has 1 atom stereocenters. The van der Waals surface area contributed by atoms with E-state index < -0.39 is 6.10 Å². The number of aryl methyl sites for hydroxylation is 1. The van der Waals surface area contributed by atoms with Crippen molar-refractivity contribution in [2.45, 2.75) is 13.0 Å². The van der Waals surface area contributed by atoms with Crippen molar-refractivity contribution >= 4 is 22.7 Å². The van der Waals surface area contributed by atoms with Crippen LogP contribution >= 0.6 is 22.7 Å². The second kappa shape index (κ2) is 9.90. The van der Waals surface area contributed by atoms with Crippen LogP contribution in [-0.2, 0) is 0 Å². The Hall–Kier alpha value is -2.65. The summed E-state index contributed by atoms with van der Waals surface area (Å²) in [4.78, 5) is 13.4. The van der Waals surface area contributed by atoms with Gasteiger partial charge in [-0.15, -0.1) is 22.7 Å². The first-order valence-electron chi connectivity index (χ1n) is 9.60. The van der Waals surface area contributed by atoms with Gasteiger partial charge >= 0.3 is 0 Å². The molecule has 0 bridgehead atoms. The van der Waals surface area contributed by atoms with Crippen LogP contribution in [0.2, 0.25) is 0 Å². The molecule has 3 aromatic heterocycles. The van der Waals surface area contributed by atoms with Crippen molar-refractivity contribution < 1.29 is 9.84 Å². The van der Waals surface area contributed by atoms with Crippen molar-refractivity contribution in [2.75, 3.05) is 19.7 Å². The fraction of sp³-hybridized carbons (Fsp3) is 0.227. The molecule has 3 heterocycles. The van der Waals surface area contributed by atoms with Crippen LogP contribution in [0.5, 0.6) is 5.75 Å². The first kappa shape index (κ1) is 20.6. The number of thiazole rings is 2. The minimum atomic E-state index is -0.623. The van der Waals surface area contributed by atoms with Crippen LogP contribution in [0.25, 0.3) is 22.0 Å². The van der Waals surface area contributed by atoms with Gasteiger partial charge in [-0.2, -0.15) is 0 Å². The normalized spacial score (nSPS) is 12.1. The van der Waals surface area contributed by atoms with Crippen LogP contribution in [0.4, 0.5) is 0 Å². The fourth-order valence-corrected chi connectivity index (χ4v) is 4.33. The molecule has 30 heavy (non-hydrogen) atoms. The second-order valence-corrected chi connectivity index (χ2v) is 8.56. The molecular weight excluding hydrogens is 416 g/mol. The van der Waals surface area contributed by atoms with E-state index in [9.17, 15) is 5.11 Å². The van der Waals surface area contributed by atoms with E-state index >= 15 is 0 Å². The standard InChI is InChI=1S/C22H22N4O2S2/c1-15-25-20(14-29-15)22-26-19(13-30-22)16-5-7-17(8-6-16)28-11-10-23-12-21(27)18-4-2-3-9-24-18/h2-9,13-14,21,23,27H,10-12H2,1H3/t21-/m1/s1. The van der Waals surface area contributed by atoms with Crippen LogP contribution < -0.4 is 10.1 Å². The van der Waals surface area contributed by atoms with E-state index in [1.54, 1.807) is 28.9 Å². The SMILES string of the molecule is Cc1nc(-c2nc(-c3ccc(OCCNC[C@@H](O)c4ccccn4)cc3)cs2)cs1. The predicted octanol–water partition coefficient (Wildman–Crippen LogP) is 4.34. The first-order chi connectivity index (χ1) is 14.7. The zero-order valence-corrected chi connectivity index (χ0v) is 18.1. The van der Waals surface area contributed by atoms with Gasteiger partial charge < -0.3 is 15.2 Å². The van der Waals surface area contributed by atoms with Gasteiger partial charge in [-0.3, -0.25) is 4.98 Å². The second-order valence-electron chi connectivity index (χ2n) is 6.64. The van der Waals surface area contributed by atoms with Crippen LogP contribution in [-0.4, -0.2) is 39.8 Å². The van der Waals surface area contributed by atoms with Crippen molar-refractivity contribution in [1.29, 1.82) is 0 Å². The summed E-state index contributed by atoms with van der Waals surface area (Å²) in [5.74, 6) is 0.802. The number of hydrogen-bond donors (Lipinski definition) is 2. The summed E-state index contributed by atoms with van der Waals surface area (Å²) >= 11 is 3.24. The maximum Gasteiger partial charge on any atom is 0.143 e. The average Bonchev–Trinajstić information content (AvgIpc) is 3.44. The Kier molecular flexibility index (Phi) is 6.81. The van der Waals surface area contributed by atoms with Gasteiger partial charge in [0.25, 0.3) is 0 Å². The highest BCUT2D eigenvalue weighted by molar-refractivity contribution is 7.14. The number of aliphatic hydroxyl groups excluding tert-OH is 1. The third-order valence-corrected chi connectivity index (χ3v) is 6.05. The van der Waals surface area contributed by atoms with Crippen molar-refractivity contribution in [3.8, 4) is 27.7 Å². The van der Waals surface area contributed by atoms with Crippen LogP contribution in [0.1, 0.15) is 16.8 Å². The van der Waals surface area contributed by atoms with E-state index in [-0.39, 0.29) is 0 Å². The monoisotopic (exact) mass is 438 g/mol. The molecule has 8 heteroatoms. The number of ether oxygens (including phenoxy) is 1. The maximum atomic E-state index is 10.1. The van der Waals surface area contributed by atoms with Gasteiger partial charge in [-0.1, -0.05) is 6.07 Å². The molecule has 2 N–H and O–H groups in total. The number of pyridine rings is 1. The third-order valence-electron chi connectivity index (χ3n) is 4.41. The molecule has 0 aliphatic heterocycles. The van der Waals surface area contributed by atoms with Crippen LogP contribution in [0.3, 0.4) is 0 Å². The lowest BCUT2D eigenvalue weighted by Gasteiger charge is -2.12. The largest absolute Gasteiger partial charge is 0.492 e. The summed E-state index contributed by atoms with van der Waals surface area (Å²) in [6, 6.07) is 13.4. The number of nitrogens with zero attached hydrogens (tertiary/aromatic N) is 3. The summed E-state index contributed by atoms with van der Waals surface area (Å²) in [5.41, 5.74) is 3.59. The summed E-state index contributed by atoms with van der Waals surface area (Å²) < 4.78 is 5.78.